The van der Waals surface area contributed by atoms with Crippen LogP contribution in [0.1, 0.15) is 0 Å². The van der Waals surface area contributed by atoms with E-state index >= 15 is 0 Å². The maximum Gasteiger partial charge on any atom is 0.0257 e. The average Bonchev–Trinajstić information content (AvgIpc) is 3.15. The molecular weight excluding hydrogens is 268 g/mol. The zero-order valence-corrected chi connectivity index (χ0v) is 12.5. The second-order valence-corrected chi connectivity index (χ2v) is 12.1. The van der Waals surface area contributed by atoms with Gasteiger partial charge in [0.1, 0.15) is 0 Å². The average molecular weight is 290 g/mol. The fourth-order valence-electron chi connectivity index (χ4n) is 15.7. The molecule has 22 heavy (non-hydrogen) atoms. The maximum atomic E-state index is 7.50. The SMILES string of the molecule is NC12C3C4C5C6C3C3C7C6C6C5C5C4C1C1C(C32)C7C6(N)C51. The molecule has 0 aromatic rings. The summed E-state index contributed by atoms with van der Waals surface area (Å²) < 4.78 is 0. The molecule has 0 aromatic heterocycles. The van der Waals surface area contributed by atoms with E-state index in [1.165, 1.54) is 0 Å². The molecule has 0 aliphatic heterocycles. The minimum absolute atomic E-state index is 0.328. The van der Waals surface area contributed by atoms with Crippen LogP contribution in [0.2, 0.25) is 0 Å². The molecule has 12 aliphatic carbocycles. The summed E-state index contributed by atoms with van der Waals surface area (Å²) in [6.07, 6.45) is 0. The molecule has 12 saturated carbocycles. The molecule has 12 rings (SSSR count). The zero-order valence-electron chi connectivity index (χ0n) is 12.5. The highest BCUT2D eigenvalue weighted by Gasteiger charge is 3.03. The highest BCUT2D eigenvalue weighted by molar-refractivity contribution is 5.53. The summed E-state index contributed by atoms with van der Waals surface area (Å²) in [5.41, 5.74) is 15.6. The first-order chi connectivity index (χ1) is 10.7. The highest BCUT2D eigenvalue weighted by atomic mass is 15.2. The molecule has 4 N–H and O–H groups in total. The standard InChI is InChI=1S/C20H22N2/c21-19-13-3-1-2-5(13)9-10-6(2)14-4(1)8-7(3)15(19)11-12(17(9)19)18(10)20(14,22)16(8)11/h1-18H,21-22H2. The van der Waals surface area contributed by atoms with Crippen LogP contribution in [0.15, 0.2) is 0 Å². The van der Waals surface area contributed by atoms with E-state index < -0.39 is 0 Å². The van der Waals surface area contributed by atoms with Gasteiger partial charge in [-0.15, -0.1) is 0 Å². The Morgan fingerprint density at radius 2 is 0.545 bits per heavy atom. The number of rotatable bonds is 0. The topological polar surface area (TPSA) is 52.0 Å². The van der Waals surface area contributed by atoms with Crippen LogP contribution in [0.4, 0.5) is 0 Å². The van der Waals surface area contributed by atoms with Crippen LogP contribution in [0.3, 0.4) is 0 Å². The summed E-state index contributed by atoms with van der Waals surface area (Å²) in [5.74, 6) is 18.9. The van der Waals surface area contributed by atoms with E-state index in [1.807, 2.05) is 0 Å². The van der Waals surface area contributed by atoms with Crippen molar-refractivity contribution in [2.75, 3.05) is 0 Å². The largest absolute Gasteiger partial charge is 0.324 e. The molecule has 2 nitrogen and oxygen atoms in total. The third kappa shape index (κ3) is 0.410. The lowest BCUT2D eigenvalue weighted by atomic mass is 9.71. The van der Waals surface area contributed by atoms with Crippen molar-refractivity contribution in [3.63, 3.8) is 0 Å². The van der Waals surface area contributed by atoms with E-state index in [4.69, 9.17) is 11.5 Å². The molecule has 0 bridgehead atoms. The fraction of sp³-hybridized carbons (Fsp3) is 1.00. The summed E-state index contributed by atoms with van der Waals surface area (Å²) >= 11 is 0. The first-order valence-electron chi connectivity index (χ1n) is 10.3. The van der Waals surface area contributed by atoms with Crippen LogP contribution in [0.5, 0.6) is 0 Å². The Morgan fingerprint density at radius 1 is 0.318 bits per heavy atom. The molecule has 0 saturated heterocycles. The minimum Gasteiger partial charge on any atom is -0.324 e. The van der Waals surface area contributed by atoms with Crippen molar-refractivity contribution in [2.24, 2.45) is 118 Å². The minimum atomic E-state index is 0.328. The molecule has 12 fully saturated rings. The molecule has 12 unspecified atom stereocenters. The predicted molar refractivity (Wildman–Crippen MR) is 76.7 cm³/mol. The van der Waals surface area contributed by atoms with Gasteiger partial charge in [0.25, 0.3) is 0 Å². The second-order valence-electron chi connectivity index (χ2n) is 12.1. The molecule has 0 spiro atoms. The third-order valence-electron chi connectivity index (χ3n) is 13.8. The van der Waals surface area contributed by atoms with E-state index in [9.17, 15) is 0 Å². The second kappa shape index (κ2) is 1.91. The van der Waals surface area contributed by atoms with E-state index in [1.54, 1.807) is 0 Å². The van der Waals surface area contributed by atoms with Crippen molar-refractivity contribution in [1.29, 1.82) is 0 Å². The Balaban J connectivity index is 1.49. The zero-order chi connectivity index (χ0) is 13.4. The van der Waals surface area contributed by atoms with Gasteiger partial charge in [0, 0.05) is 11.1 Å². The van der Waals surface area contributed by atoms with Gasteiger partial charge in [-0.1, -0.05) is 0 Å². The molecule has 0 aromatic carbocycles. The van der Waals surface area contributed by atoms with Crippen LogP contribution in [0, 0.1) is 107 Å². The Hall–Kier alpha value is -0.0800. The van der Waals surface area contributed by atoms with Crippen molar-refractivity contribution in [1.82, 2.24) is 0 Å². The van der Waals surface area contributed by atoms with Gasteiger partial charge in [-0.2, -0.15) is 0 Å². The maximum absolute atomic E-state index is 7.50. The number of hydrogen-bond donors (Lipinski definition) is 2. The Morgan fingerprint density at radius 3 is 0.864 bits per heavy atom. The quantitative estimate of drug-likeness (QED) is 0.687. The van der Waals surface area contributed by atoms with Crippen molar-refractivity contribution in [2.45, 2.75) is 11.1 Å². The monoisotopic (exact) mass is 290 g/mol. The van der Waals surface area contributed by atoms with Crippen molar-refractivity contribution in [3.05, 3.63) is 0 Å². The lowest BCUT2D eigenvalue weighted by molar-refractivity contribution is 0.149. The van der Waals surface area contributed by atoms with Crippen molar-refractivity contribution in [3.8, 4) is 0 Å². The van der Waals surface area contributed by atoms with Crippen LogP contribution in [-0.4, -0.2) is 11.1 Å². The molecule has 12 aliphatic rings. The molecule has 0 radical (unpaired) electrons. The Kier molecular flexibility index (Phi) is 0.818. The van der Waals surface area contributed by atoms with Gasteiger partial charge in [-0.25, -0.2) is 0 Å². The highest BCUT2D eigenvalue weighted by Crippen LogP contribution is 3.02. The van der Waals surface area contributed by atoms with Crippen LogP contribution >= 0.6 is 0 Å². The van der Waals surface area contributed by atoms with Gasteiger partial charge in [-0.05, 0) is 107 Å². The smallest absolute Gasteiger partial charge is 0.0257 e. The Bertz CT molecular complexity index is 686. The lowest BCUT2D eigenvalue weighted by Crippen LogP contribution is -2.55. The van der Waals surface area contributed by atoms with Gasteiger partial charge in [0.2, 0.25) is 0 Å². The first-order valence-corrected chi connectivity index (χ1v) is 10.3. The first kappa shape index (κ1) is 9.42. The van der Waals surface area contributed by atoms with E-state index in [0.717, 1.165) is 107 Å². The summed E-state index contributed by atoms with van der Waals surface area (Å²) in [6, 6.07) is 0. The summed E-state index contributed by atoms with van der Waals surface area (Å²) in [4.78, 5) is 0. The van der Waals surface area contributed by atoms with Crippen LogP contribution in [0.25, 0.3) is 0 Å². The molecule has 0 amide bonds. The lowest BCUT2D eigenvalue weighted by Gasteiger charge is -2.39. The van der Waals surface area contributed by atoms with Gasteiger partial charge < -0.3 is 11.5 Å². The fourth-order valence-corrected chi connectivity index (χ4v) is 15.7. The molecule has 0 heterocycles. The molecule has 12 atom stereocenters. The van der Waals surface area contributed by atoms with E-state index in [0.29, 0.717) is 11.1 Å². The van der Waals surface area contributed by atoms with Crippen molar-refractivity contribution >= 4 is 0 Å². The van der Waals surface area contributed by atoms with Gasteiger partial charge in [0.05, 0.1) is 0 Å². The third-order valence-corrected chi connectivity index (χ3v) is 13.8. The van der Waals surface area contributed by atoms with Crippen molar-refractivity contribution < 1.29 is 0 Å². The predicted octanol–water partition coefficient (Wildman–Crippen LogP) is 0.623. The van der Waals surface area contributed by atoms with Gasteiger partial charge in [-0.3, -0.25) is 0 Å². The van der Waals surface area contributed by atoms with Gasteiger partial charge in [0.15, 0.2) is 0 Å². The summed E-state index contributed by atoms with van der Waals surface area (Å²) in [5, 5.41) is 0. The number of nitrogens with two attached hydrogens (primary N) is 2. The Labute approximate surface area is 129 Å². The summed E-state index contributed by atoms with van der Waals surface area (Å²) in [6.45, 7) is 0. The number of hydrogen-bond acceptors (Lipinski definition) is 2. The normalized spacial score (nSPS) is 106. The van der Waals surface area contributed by atoms with E-state index in [2.05, 4.69) is 0 Å². The van der Waals surface area contributed by atoms with E-state index in [-0.39, 0.29) is 0 Å². The summed E-state index contributed by atoms with van der Waals surface area (Å²) in [7, 11) is 0. The van der Waals surface area contributed by atoms with Crippen LogP contribution in [-0.2, 0) is 0 Å². The molecule has 112 valence electrons. The van der Waals surface area contributed by atoms with Gasteiger partial charge >= 0.3 is 0 Å². The molecular formula is C20H22N2. The van der Waals surface area contributed by atoms with Crippen LogP contribution < -0.4 is 11.5 Å². The molecule has 2 heteroatoms.